The van der Waals surface area contributed by atoms with Crippen LogP contribution < -0.4 is 10.6 Å². The van der Waals surface area contributed by atoms with Crippen molar-refractivity contribution in [2.75, 3.05) is 13.1 Å². The number of carbonyl (C=O) groups excluding carboxylic acids is 1. The quantitative estimate of drug-likeness (QED) is 0.724. The minimum Gasteiger partial charge on any atom is -0.352 e. The fourth-order valence-corrected chi connectivity index (χ4v) is 1.84. The van der Waals surface area contributed by atoms with Gasteiger partial charge in [0.05, 0.1) is 6.54 Å². The van der Waals surface area contributed by atoms with Gasteiger partial charge in [-0.2, -0.15) is 5.10 Å². The molecule has 16 heavy (non-hydrogen) atoms. The summed E-state index contributed by atoms with van der Waals surface area (Å²) in [4.78, 5) is 15.4. The van der Waals surface area contributed by atoms with Crippen LogP contribution in [0, 0.1) is 0 Å². The van der Waals surface area contributed by atoms with E-state index in [1.54, 1.807) is 11.0 Å². The Morgan fingerprint density at radius 2 is 2.56 bits per heavy atom. The first kappa shape index (κ1) is 11.1. The third kappa shape index (κ3) is 3.30. The molecule has 1 amide bonds. The van der Waals surface area contributed by atoms with Gasteiger partial charge >= 0.3 is 0 Å². The third-order valence-electron chi connectivity index (χ3n) is 2.70. The maximum atomic E-state index is 11.6. The van der Waals surface area contributed by atoms with Gasteiger partial charge < -0.3 is 10.6 Å². The van der Waals surface area contributed by atoms with E-state index >= 15 is 0 Å². The summed E-state index contributed by atoms with van der Waals surface area (Å²) < 4.78 is 1.67. The van der Waals surface area contributed by atoms with Gasteiger partial charge in [-0.1, -0.05) is 0 Å². The van der Waals surface area contributed by atoms with Crippen molar-refractivity contribution in [3.05, 3.63) is 12.7 Å². The van der Waals surface area contributed by atoms with Crippen LogP contribution in [0.15, 0.2) is 12.7 Å². The molecule has 0 bridgehead atoms. The summed E-state index contributed by atoms with van der Waals surface area (Å²) in [5, 5.41) is 10.2. The summed E-state index contributed by atoms with van der Waals surface area (Å²) in [5.74, 6) is 0.0872. The molecule has 0 aliphatic carbocycles. The molecule has 0 spiro atoms. The molecule has 0 unspecified atom stereocenters. The first-order valence-corrected chi connectivity index (χ1v) is 5.67. The molecule has 6 heteroatoms. The van der Waals surface area contributed by atoms with Gasteiger partial charge in [-0.3, -0.25) is 9.48 Å². The second kappa shape index (κ2) is 5.60. The lowest BCUT2D eigenvalue weighted by Gasteiger charge is -2.23. The van der Waals surface area contributed by atoms with Crippen molar-refractivity contribution in [2.24, 2.45) is 0 Å². The van der Waals surface area contributed by atoms with Crippen LogP contribution >= 0.6 is 0 Å². The van der Waals surface area contributed by atoms with Crippen molar-refractivity contribution >= 4 is 5.91 Å². The Kier molecular flexibility index (Phi) is 3.87. The number of amides is 1. The SMILES string of the molecule is O=C(CCn1cncn1)N[C@@H]1CCCNC1. The fourth-order valence-electron chi connectivity index (χ4n) is 1.84. The molecule has 2 heterocycles. The zero-order chi connectivity index (χ0) is 11.2. The summed E-state index contributed by atoms with van der Waals surface area (Å²) in [5.41, 5.74) is 0. The van der Waals surface area contributed by atoms with E-state index in [9.17, 15) is 4.79 Å². The van der Waals surface area contributed by atoms with Crippen LogP contribution in [-0.2, 0) is 11.3 Å². The summed E-state index contributed by atoms with van der Waals surface area (Å²) in [7, 11) is 0. The van der Waals surface area contributed by atoms with E-state index in [-0.39, 0.29) is 11.9 Å². The normalized spacial score (nSPS) is 20.6. The molecular weight excluding hydrogens is 206 g/mol. The number of aromatic nitrogens is 3. The molecular formula is C10H17N5O. The zero-order valence-electron chi connectivity index (χ0n) is 9.22. The van der Waals surface area contributed by atoms with Gasteiger partial charge in [0.1, 0.15) is 12.7 Å². The molecule has 0 aromatic carbocycles. The highest BCUT2D eigenvalue weighted by molar-refractivity contribution is 5.76. The van der Waals surface area contributed by atoms with Crippen LogP contribution in [0.5, 0.6) is 0 Å². The molecule has 1 saturated heterocycles. The van der Waals surface area contributed by atoms with Crippen LogP contribution in [0.3, 0.4) is 0 Å². The highest BCUT2D eigenvalue weighted by Gasteiger charge is 2.14. The smallest absolute Gasteiger partial charge is 0.222 e. The van der Waals surface area contributed by atoms with Crippen molar-refractivity contribution in [3.63, 3.8) is 0 Å². The van der Waals surface area contributed by atoms with E-state index in [1.165, 1.54) is 6.33 Å². The molecule has 0 saturated carbocycles. The Bertz CT molecular complexity index is 318. The molecule has 1 fully saturated rings. The average molecular weight is 223 g/mol. The van der Waals surface area contributed by atoms with Gasteiger partial charge in [0.15, 0.2) is 0 Å². The fraction of sp³-hybridized carbons (Fsp3) is 0.700. The molecule has 2 N–H and O–H groups in total. The van der Waals surface area contributed by atoms with E-state index < -0.39 is 0 Å². The Hall–Kier alpha value is -1.43. The van der Waals surface area contributed by atoms with Gasteiger partial charge in [0.25, 0.3) is 0 Å². The van der Waals surface area contributed by atoms with E-state index in [0.717, 1.165) is 25.9 Å². The molecule has 1 aliphatic heterocycles. The highest BCUT2D eigenvalue weighted by atomic mass is 16.1. The van der Waals surface area contributed by atoms with Crippen LogP contribution in [-0.4, -0.2) is 39.8 Å². The largest absolute Gasteiger partial charge is 0.352 e. The monoisotopic (exact) mass is 223 g/mol. The summed E-state index contributed by atoms with van der Waals surface area (Å²) in [6.45, 7) is 2.53. The molecule has 88 valence electrons. The van der Waals surface area contributed by atoms with Crippen LogP contribution in [0.4, 0.5) is 0 Å². The third-order valence-corrected chi connectivity index (χ3v) is 2.70. The summed E-state index contributed by atoms with van der Waals surface area (Å²) >= 11 is 0. The van der Waals surface area contributed by atoms with Crippen molar-refractivity contribution in [1.29, 1.82) is 0 Å². The van der Waals surface area contributed by atoms with Crippen LogP contribution in [0.25, 0.3) is 0 Å². The van der Waals surface area contributed by atoms with Gasteiger partial charge in [-0.25, -0.2) is 4.98 Å². The molecule has 0 radical (unpaired) electrons. The van der Waals surface area contributed by atoms with Crippen molar-refractivity contribution in [1.82, 2.24) is 25.4 Å². The molecule has 1 aromatic rings. The summed E-state index contributed by atoms with van der Waals surface area (Å²) in [6, 6.07) is 0.289. The maximum Gasteiger partial charge on any atom is 0.222 e. The zero-order valence-corrected chi connectivity index (χ0v) is 9.22. The van der Waals surface area contributed by atoms with Crippen molar-refractivity contribution < 1.29 is 4.79 Å². The second-order valence-corrected chi connectivity index (χ2v) is 4.02. The van der Waals surface area contributed by atoms with E-state index in [2.05, 4.69) is 20.7 Å². The minimum absolute atomic E-state index is 0.0872. The summed E-state index contributed by atoms with van der Waals surface area (Å²) in [6.07, 6.45) is 5.76. The number of rotatable bonds is 4. The number of nitrogens with zero attached hydrogens (tertiary/aromatic N) is 3. The highest BCUT2D eigenvalue weighted by Crippen LogP contribution is 2.01. The Balaban J connectivity index is 1.67. The topological polar surface area (TPSA) is 71.8 Å². The Labute approximate surface area is 94.4 Å². The standard InChI is InChI=1S/C10H17N5O/c16-10(3-5-15-8-12-7-13-15)14-9-2-1-4-11-6-9/h7-9,11H,1-6H2,(H,14,16)/t9-/m1/s1. The molecule has 1 aliphatic rings. The number of piperidine rings is 1. The number of aryl methyl sites for hydroxylation is 1. The van der Waals surface area contributed by atoms with Crippen molar-refractivity contribution in [3.8, 4) is 0 Å². The number of hydrogen-bond acceptors (Lipinski definition) is 4. The Morgan fingerprint density at radius 1 is 1.62 bits per heavy atom. The van der Waals surface area contributed by atoms with E-state index in [0.29, 0.717) is 13.0 Å². The average Bonchev–Trinajstić information content (AvgIpc) is 2.81. The minimum atomic E-state index is 0.0872. The first-order valence-electron chi connectivity index (χ1n) is 5.67. The lowest BCUT2D eigenvalue weighted by Crippen LogP contribution is -2.45. The predicted octanol–water partition coefficient (Wildman–Crippen LogP) is -0.464. The van der Waals surface area contributed by atoms with Crippen LogP contribution in [0.2, 0.25) is 0 Å². The second-order valence-electron chi connectivity index (χ2n) is 4.02. The van der Waals surface area contributed by atoms with Crippen molar-refractivity contribution in [2.45, 2.75) is 31.8 Å². The number of hydrogen-bond donors (Lipinski definition) is 2. The maximum absolute atomic E-state index is 11.6. The lowest BCUT2D eigenvalue weighted by atomic mass is 10.1. The molecule has 1 aromatic heterocycles. The van der Waals surface area contributed by atoms with Gasteiger partial charge in [-0.15, -0.1) is 0 Å². The van der Waals surface area contributed by atoms with E-state index in [1.807, 2.05) is 0 Å². The van der Waals surface area contributed by atoms with E-state index in [4.69, 9.17) is 0 Å². The molecule has 1 atom stereocenters. The first-order chi connectivity index (χ1) is 7.84. The molecule has 6 nitrogen and oxygen atoms in total. The van der Waals surface area contributed by atoms with Gasteiger partial charge in [0, 0.05) is 19.0 Å². The lowest BCUT2D eigenvalue weighted by molar-refractivity contribution is -0.122. The number of nitrogens with one attached hydrogen (secondary N) is 2. The molecule has 2 rings (SSSR count). The van der Waals surface area contributed by atoms with Gasteiger partial charge in [0.2, 0.25) is 5.91 Å². The predicted molar refractivity (Wildman–Crippen MR) is 58.7 cm³/mol. The number of carbonyl (C=O) groups is 1. The van der Waals surface area contributed by atoms with Gasteiger partial charge in [-0.05, 0) is 19.4 Å². The Morgan fingerprint density at radius 3 is 3.25 bits per heavy atom. The van der Waals surface area contributed by atoms with Crippen LogP contribution in [0.1, 0.15) is 19.3 Å².